The van der Waals surface area contributed by atoms with Gasteiger partial charge >= 0.3 is 0 Å². The van der Waals surface area contributed by atoms with Gasteiger partial charge in [0.05, 0.1) is 0 Å². The van der Waals surface area contributed by atoms with Crippen molar-refractivity contribution in [3.05, 3.63) is 205 Å². The molecule has 0 saturated carbocycles. The maximum Gasteiger partial charge on any atom is 0.0461 e. The van der Waals surface area contributed by atoms with Crippen LogP contribution in [0.15, 0.2) is 104 Å². The summed E-state index contributed by atoms with van der Waals surface area (Å²) in [5, 5.41) is 0. The average molecular weight is 975 g/mol. The van der Waals surface area contributed by atoms with Gasteiger partial charge in [-0.15, -0.1) is 0 Å². The molecule has 7 heteroatoms. The van der Waals surface area contributed by atoms with Gasteiger partial charge in [0.15, 0.2) is 0 Å². The largest absolute Gasteiger partial charge is 0.264 e. The molecule has 0 spiro atoms. The molecule has 0 aliphatic carbocycles. The van der Waals surface area contributed by atoms with E-state index >= 15 is 0 Å². The first-order chi connectivity index (χ1) is 33.7. The van der Waals surface area contributed by atoms with Crippen LogP contribution in [-0.4, -0.2) is 34.9 Å². The van der Waals surface area contributed by atoms with Crippen LogP contribution >= 0.6 is 0 Å². The summed E-state index contributed by atoms with van der Waals surface area (Å²) in [6.45, 7) is 51.2. The molecule has 0 bridgehead atoms. The zero-order valence-corrected chi connectivity index (χ0v) is 49.4. The Hall–Kier alpha value is -5.95. The molecule has 7 rings (SSSR count). The summed E-state index contributed by atoms with van der Waals surface area (Å²) >= 11 is 0. The van der Waals surface area contributed by atoms with E-state index in [-0.39, 0.29) is 0 Å². The van der Waals surface area contributed by atoms with Crippen LogP contribution in [0.4, 0.5) is 0 Å². The number of pyridine rings is 7. The Bertz CT molecular complexity index is 2470. The molecule has 0 aliphatic rings. The predicted molar refractivity (Wildman–Crippen MR) is 311 cm³/mol. The third-order valence-electron chi connectivity index (χ3n) is 12.1. The summed E-state index contributed by atoms with van der Waals surface area (Å²) in [4.78, 5) is 29.5. The predicted octanol–water partition coefficient (Wildman–Crippen LogP) is 18.0. The maximum absolute atomic E-state index is 4.47. The Morgan fingerprint density at radius 3 is 1.25 bits per heavy atom. The van der Waals surface area contributed by atoms with E-state index in [0.29, 0.717) is 35.5 Å². The minimum Gasteiger partial charge on any atom is -0.264 e. The van der Waals surface area contributed by atoms with Gasteiger partial charge in [-0.2, -0.15) is 0 Å². The van der Waals surface area contributed by atoms with Crippen LogP contribution in [-0.2, 0) is 0 Å². The fourth-order valence-corrected chi connectivity index (χ4v) is 7.91. The Kier molecular flexibility index (Phi) is 29.3. The molecular weight excluding hydrogens is 879 g/mol. The highest BCUT2D eigenvalue weighted by molar-refractivity contribution is 5.29. The van der Waals surface area contributed by atoms with E-state index in [0.717, 1.165) is 22.8 Å². The van der Waals surface area contributed by atoms with Gasteiger partial charge in [0, 0.05) is 83.7 Å². The highest BCUT2D eigenvalue weighted by Crippen LogP contribution is 2.21. The van der Waals surface area contributed by atoms with Crippen LogP contribution < -0.4 is 0 Å². The highest BCUT2D eigenvalue weighted by Gasteiger charge is 2.06. The Morgan fingerprint density at radius 1 is 0.306 bits per heavy atom. The van der Waals surface area contributed by atoms with E-state index in [1.54, 1.807) is 0 Å². The first-order valence-corrected chi connectivity index (χ1v) is 26.1. The standard InChI is InChI=1S/3C10H15N.3C9H13N.C8H11N/c1-7(2)10-5-9(4)11-6-8(10)3;1-7(2)10-6-11-9(4)5-8(10)3;1-7(2)10-8(3)5-6-9(4)11-10;1-7(2)9-4-5-10-6-8(9)3;1-7(2)9-6-10-5-4-8(9)3;1-7(2)9-8(3)5-4-6-10-9;1-6-4-7(2)8(3)9-5-6/h3*5-7H,1-4H3;3*4-7H,1-3H3;4-5H,1-3H3. The minimum absolute atomic E-state index is 0.537. The second kappa shape index (κ2) is 32.9. The van der Waals surface area contributed by atoms with Crippen molar-refractivity contribution in [2.24, 2.45) is 0 Å². The van der Waals surface area contributed by atoms with E-state index in [9.17, 15) is 0 Å². The molecule has 0 atom stereocenters. The summed E-state index contributed by atoms with van der Waals surface area (Å²) in [5.41, 5.74) is 22.8. The van der Waals surface area contributed by atoms with Gasteiger partial charge in [-0.25, -0.2) is 0 Å². The first-order valence-electron chi connectivity index (χ1n) is 26.1. The molecule has 0 saturated heterocycles. The number of rotatable bonds is 6. The minimum atomic E-state index is 0.537. The third-order valence-corrected chi connectivity index (χ3v) is 12.1. The topological polar surface area (TPSA) is 90.2 Å². The zero-order valence-electron chi connectivity index (χ0n) is 49.4. The van der Waals surface area contributed by atoms with Crippen LogP contribution in [0.2, 0.25) is 0 Å². The normalized spacial score (nSPS) is 10.4. The zero-order chi connectivity index (χ0) is 54.8. The van der Waals surface area contributed by atoms with Gasteiger partial charge in [0.1, 0.15) is 0 Å². The molecule has 7 nitrogen and oxygen atoms in total. The fraction of sp³-hybridized carbons (Fsp3) is 0.462. The SMILES string of the molecule is Cc1cc(C(C)C)c(C)cn1.Cc1cc(C)c(C(C)C)cn1.Cc1ccc(C)c(C(C)C)n1.Cc1cccnc1C(C)C.Cc1ccncc1C(C)C.Cc1cnc(C)c(C)c1.Cc1cnccc1C(C)C. The quantitative estimate of drug-likeness (QED) is 0.164. The fourth-order valence-electron chi connectivity index (χ4n) is 7.91. The van der Waals surface area contributed by atoms with Crippen LogP contribution in [0.25, 0.3) is 0 Å². The molecule has 0 unspecified atom stereocenters. The summed E-state index contributed by atoms with van der Waals surface area (Å²) < 4.78 is 0. The Morgan fingerprint density at radius 2 is 0.819 bits per heavy atom. The van der Waals surface area contributed by atoms with E-state index in [1.165, 1.54) is 78.1 Å². The number of aromatic nitrogens is 7. The molecule has 7 aromatic heterocycles. The molecule has 0 aromatic carbocycles. The lowest BCUT2D eigenvalue weighted by Crippen LogP contribution is -1.97. The number of nitrogens with zero attached hydrogens (tertiary/aromatic N) is 7. The van der Waals surface area contributed by atoms with Crippen molar-refractivity contribution in [3.63, 3.8) is 0 Å². The third kappa shape index (κ3) is 24.0. The van der Waals surface area contributed by atoms with E-state index in [4.69, 9.17) is 0 Å². The number of hydrogen-bond donors (Lipinski definition) is 0. The van der Waals surface area contributed by atoms with Gasteiger partial charge in [-0.05, 0) is 222 Å². The summed E-state index contributed by atoms with van der Waals surface area (Å²) in [6.07, 6.45) is 15.2. The van der Waals surface area contributed by atoms with Crippen molar-refractivity contribution in [2.45, 2.75) is 202 Å². The molecule has 0 amide bonds. The molecule has 0 aliphatic heterocycles. The second-order valence-electron chi connectivity index (χ2n) is 21.0. The van der Waals surface area contributed by atoms with E-state index in [2.05, 4.69) is 222 Å². The van der Waals surface area contributed by atoms with Gasteiger partial charge < -0.3 is 0 Å². The Balaban J connectivity index is 0.000000420. The van der Waals surface area contributed by atoms with Crippen molar-refractivity contribution in [3.8, 4) is 0 Å². The second-order valence-corrected chi connectivity index (χ2v) is 21.0. The van der Waals surface area contributed by atoms with Crippen LogP contribution in [0.1, 0.15) is 220 Å². The maximum atomic E-state index is 4.47. The molecule has 7 heterocycles. The van der Waals surface area contributed by atoms with Crippen LogP contribution in [0, 0.1) is 83.1 Å². The molecule has 72 heavy (non-hydrogen) atoms. The van der Waals surface area contributed by atoms with Crippen molar-refractivity contribution in [1.82, 2.24) is 34.9 Å². The summed E-state index contributed by atoms with van der Waals surface area (Å²) in [7, 11) is 0. The highest BCUT2D eigenvalue weighted by atomic mass is 14.7. The first kappa shape index (κ1) is 64.1. The summed E-state index contributed by atoms with van der Waals surface area (Å²) in [5.74, 6) is 3.48. The van der Waals surface area contributed by atoms with Gasteiger partial charge in [-0.3, -0.25) is 34.9 Å². The monoisotopic (exact) mass is 974 g/mol. The molecule has 390 valence electrons. The average Bonchev–Trinajstić information content (AvgIpc) is 3.30. The van der Waals surface area contributed by atoms with Crippen molar-refractivity contribution in [1.29, 1.82) is 0 Å². The van der Waals surface area contributed by atoms with Gasteiger partial charge in [0.25, 0.3) is 0 Å². The van der Waals surface area contributed by atoms with Crippen LogP contribution in [0.5, 0.6) is 0 Å². The molecular formula is C65H95N7. The number of aryl methyl sites for hydroxylation is 12. The number of hydrogen-bond acceptors (Lipinski definition) is 7. The van der Waals surface area contributed by atoms with Gasteiger partial charge in [0.2, 0.25) is 0 Å². The van der Waals surface area contributed by atoms with Crippen LogP contribution in [0.3, 0.4) is 0 Å². The molecule has 0 radical (unpaired) electrons. The lowest BCUT2D eigenvalue weighted by Gasteiger charge is -2.08. The van der Waals surface area contributed by atoms with E-state index in [1.807, 2.05) is 83.3 Å². The lowest BCUT2D eigenvalue weighted by atomic mass is 9.99. The molecule has 0 fully saturated rings. The van der Waals surface area contributed by atoms with Gasteiger partial charge in [-0.1, -0.05) is 101 Å². The summed E-state index contributed by atoms with van der Waals surface area (Å²) in [6, 6.07) is 18.8. The molecule has 7 aromatic rings. The lowest BCUT2D eigenvalue weighted by molar-refractivity contribution is 0.804. The van der Waals surface area contributed by atoms with E-state index < -0.39 is 0 Å². The van der Waals surface area contributed by atoms with Crippen molar-refractivity contribution >= 4 is 0 Å². The Labute approximate surface area is 439 Å². The van der Waals surface area contributed by atoms with Crippen molar-refractivity contribution in [2.75, 3.05) is 0 Å². The van der Waals surface area contributed by atoms with Crippen molar-refractivity contribution < 1.29 is 0 Å². The smallest absolute Gasteiger partial charge is 0.0461 e. The molecule has 0 N–H and O–H groups in total.